The van der Waals surface area contributed by atoms with E-state index in [0.717, 1.165) is 5.56 Å². The molecule has 1 heterocycles. The van der Waals surface area contributed by atoms with Crippen LogP contribution in [0.25, 0.3) is 0 Å². The molecule has 1 aliphatic heterocycles. The van der Waals surface area contributed by atoms with Crippen LogP contribution in [0.3, 0.4) is 0 Å². The zero-order chi connectivity index (χ0) is 15.2. The van der Waals surface area contributed by atoms with Crippen LogP contribution in [-0.2, 0) is 20.9 Å². The van der Waals surface area contributed by atoms with Gasteiger partial charge in [-0.15, -0.1) is 0 Å². The summed E-state index contributed by atoms with van der Waals surface area (Å²) in [5, 5.41) is 11.7. The molecular weight excluding hydrogens is 272 g/mol. The van der Waals surface area contributed by atoms with Crippen molar-refractivity contribution in [3.8, 4) is 0 Å². The highest BCUT2D eigenvalue weighted by molar-refractivity contribution is 5.86. The topological polar surface area (TPSA) is 86.7 Å². The fourth-order valence-corrected chi connectivity index (χ4v) is 2.30. The number of carbonyl (C=O) groups is 3. The van der Waals surface area contributed by atoms with E-state index >= 15 is 0 Å². The molecule has 1 fully saturated rings. The molecule has 1 saturated heterocycles. The molecule has 2 rings (SSSR count). The van der Waals surface area contributed by atoms with E-state index < -0.39 is 11.9 Å². The maximum absolute atomic E-state index is 11.9. The normalized spacial score (nSPS) is 18.4. The summed E-state index contributed by atoms with van der Waals surface area (Å²) in [6.07, 6.45) is 0.527. The molecule has 1 atom stereocenters. The summed E-state index contributed by atoms with van der Waals surface area (Å²) >= 11 is 0. The molecule has 1 aliphatic rings. The van der Waals surface area contributed by atoms with E-state index in [2.05, 4.69) is 5.32 Å². The molecule has 1 aromatic carbocycles. The monoisotopic (exact) mass is 290 g/mol. The first-order valence-electron chi connectivity index (χ1n) is 6.87. The Hall–Kier alpha value is -2.37. The number of nitrogens with one attached hydrogen (secondary N) is 1. The minimum absolute atomic E-state index is 0.0879. The van der Waals surface area contributed by atoms with Crippen LogP contribution >= 0.6 is 0 Å². The van der Waals surface area contributed by atoms with Gasteiger partial charge < -0.3 is 15.3 Å². The summed E-state index contributed by atoms with van der Waals surface area (Å²) in [6.45, 7) is 0.409. The number of likely N-dealkylation sites (tertiary alicyclic amines) is 1. The SMILES string of the molecule is O=C(CN1CC(C(=O)O)CCC1=O)NCc1ccccc1. The Kier molecular flexibility index (Phi) is 4.92. The van der Waals surface area contributed by atoms with Crippen LogP contribution in [0, 0.1) is 5.92 Å². The Morgan fingerprint density at radius 3 is 2.67 bits per heavy atom. The van der Waals surface area contributed by atoms with E-state index in [-0.39, 0.29) is 31.3 Å². The van der Waals surface area contributed by atoms with Crippen molar-refractivity contribution in [2.45, 2.75) is 19.4 Å². The van der Waals surface area contributed by atoms with Gasteiger partial charge in [0.15, 0.2) is 0 Å². The Morgan fingerprint density at radius 2 is 2.00 bits per heavy atom. The van der Waals surface area contributed by atoms with Gasteiger partial charge >= 0.3 is 5.97 Å². The van der Waals surface area contributed by atoms with Crippen molar-refractivity contribution in [3.05, 3.63) is 35.9 Å². The number of rotatable bonds is 5. The number of amides is 2. The summed E-state index contributed by atoms with van der Waals surface area (Å²) < 4.78 is 0. The first-order valence-corrected chi connectivity index (χ1v) is 6.87. The summed E-state index contributed by atoms with van der Waals surface area (Å²) in [4.78, 5) is 35.9. The minimum Gasteiger partial charge on any atom is -0.481 e. The van der Waals surface area contributed by atoms with E-state index in [0.29, 0.717) is 13.0 Å². The average Bonchev–Trinajstić information content (AvgIpc) is 2.48. The maximum atomic E-state index is 11.9. The number of nitrogens with zero attached hydrogens (tertiary/aromatic N) is 1. The van der Waals surface area contributed by atoms with Crippen LogP contribution < -0.4 is 5.32 Å². The molecule has 0 radical (unpaired) electrons. The van der Waals surface area contributed by atoms with Crippen molar-refractivity contribution in [2.24, 2.45) is 5.92 Å². The number of hydrogen-bond donors (Lipinski definition) is 2. The third-order valence-corrected chi connectivity index (χ3v) is 3.52. The number of carboxylic acid groups (broad SMARTS) is 1. The Morgan fingerprint density at radius 1 is 1.29 bits per heavy atom. The standard InChI is InChI=1S/C15H18N2O4/c18-13(16-8-11-4-2-1-3-5-11)10-17-9-12(15(20)21)6-7-14(17)19/h1-5,12H,6-10H2,(H,16,18)(H,20,21). The predicted molar refractivity (Wildman–Crippen MR) is 75.2 cm³/mol. The number of carboxylic acids is 1. The van der Waals surface area contributed by atoms with Gasteiger partial charge in [0.2, 0.25) is 11.8 Å². The second-order valence-electron chi connectivity index (χ2n) is 5.11. The van der Waals surface area contributed by atoms with Crippen molar-refractivity contribution in [2.75, 3.05) is 13.1 Å². The zero-order valence-corrected chi connectivity index (χ0v) is 11.6. The highest BCUT2D eigenvalue weighted by atomic mass is 16.4. The molecular formula is C15H18N2O4. The lowest BCUT2D eigenvalue weighted by molar-refractivity contribution is -0.149. The van der Waals surface area contributed by atoms with Crippen LogP contribution in [0.2, 0.25) is 0 Å². The highest BCUT2D eigenvalue weighted by Gasteiger charge is 2.30. The lowest BCUT2D eigenvalue weighted by Gasteiger charge is -2.30. The molecule has 2 amide bonds. The molecule has 1 aromatic rings. The van der Waals surface area contributed by atoms with E-state index in [1.54, 1.807) is 0 Å². The van der Waals surface area contributed by atoms with E-state index in [1.807, 2.05) is 30.3 Å². The second kappa shape index (κ2) is 6.88. The van der Waals surface area contributed by atoms with Crippen LogP contribution in [0.1, 0.15) is 18.4 Å². The summed E-state index contributed by atoms with van der Waals surface area (Å²) in [6, 6.07) is 9.45. The van der Waals surface area contributed by atoms with Crippen LogP contribution in [0.5, 0.6) is 0 Å². The lowest BCUT2D eigenvalue weighted by atomic mass is 9.98. The lowest BCUT2D eigenvalue weighted by Crippen LogP contribution is -2.47. The fourth-order valence-electron chi connectivity index (χ4n) is 2.30. The first kappa shape index (κ1) is 15.0. The Labute approximate surface area is 122 Å². The smallest absolute Gasteiger partial charge is 0.308 e. The van der Waals surface area contributed by atoms with Gasteiger partial charge in [0.25, 0.3) is 0 Å². The van der Waals surface area contributed by atoms with E-state index in [1.165, 1.54) is 4.90 Å². The second-order valence-corrected chi connectivity index (χ2v) is 5.11. The molecule has 6 heteroatoms. The maximum Gasteiger partial charge on any atom is 0.308 e. The highest BCUT2D eigenvalue weighted by Crippen LogP contribution is 2.17. The van der Waals surface area contributed by atoms with Crippen molar-refractivity contribution in [3.63, 3.8) is 0 Å². The summed E-state index contributed by atoms with van der Waals surface area (Å²) in [5.74, 6) is -1.94. The van der Waals surface area contributed by atoms with Gasteiger partial charge in [-0.25, -0.2) is 0 Å². The van der Waals surface area contributed by atoms with Gasteiger partial charge in [-0.05, 0) is 12.0 Å². The predicted octanol–water partition coefficient (Wildman–Crippen LogP) is 0.626. The van der Waals surface area contributed by atoms with Gasteiger partial charge in [0, 0.05) is 19.5 Å². The Bertz CT molecular complexity index is 530. The van der Waals surface area contributed by atoms with Gasteiger partial charge in [0.05, 0.1) is 12.5 Å². The molecule has 0 aromatic heterocycles. The molecule has 2 N–H and O–H groups in total. The van der Waals surface area contributed by atoms with Gasteiger partial charge in [0.1, 0.15) is 0 Å². The molecule has 0 spiro atoms. The van der Waals surface area contributed by atoms with Gasteiger partial charge in [-0.1, -0.05) is 30.3 Å². The molecule has 0 aliphatic carbocycles. The molecule has 1 unspecified atom stereocenters. The third-order valence-electron chi connectivity index (χ3n) is 3.52. The number of hydrogen-bond acceptors (Lipinski definition) is 3. The number of carbonyl (C=O) groups excluding carboxylic acids is 2. The molecule has 0 saturated carbocycles. The van der Waals surface area contributed by atoms with Crippen LogP contribution in [0.15, 0.2) is 30.3 Å². The summed E-state index contributed by atoms with van der Waals surface area (Å²) in [7, 11) is 0. The average molecular weight is 290 g/mol. The van der Waals surface area contributed by atoms with Crippen molar-refractivity contribution < 1.29 is 19.5 Å². The molecule has 6 nitrogen and oxygen atoms in total. The zero-order valence-electron chi connectivity index (χ0n) is 11.6. The molecule has 0 bridgehead atoms. The van der Waals surface area contributed by atoms with Crippen molar-refractivity contribution in [1.29, 1.82) is 0 Å². The van der Waals surface area contributed by atoms with Crippen LogP contribution in [-0.4, -0.2) is 40.9 Å². The Balaban J connectivity index is 1.83. The van der Waals surface area contributed by atoms with E-state index in [9.17, 15) is 14.4 Å². The third kappa shape index (κ3) is 4.30. The first-order chi connectivity index (χ1) is 10.1. The molecule has 112 valence electrons. The molecule has 21 heavy (non-hydrogen) atoms. The quantitative estimate of drug-likeness (QED) is 0.832. The minimum atomic E-state index is -0.919. The van der Waals surface area contributed by atoms with E-state index in [4.69, 9.17) is 5.11 Å². The fraction of sp³-hybridized carbons (Fsp3) is 0.400. The van der Waals surface area contributed by atoms with Crippen molar-refractivity contribution >= 4 is 17.8 Å². The van der Waals surface area contributed by atoms with Gasteiger partial charge in [-0.3, -0.25) is 14.4 Å². The number of piperidine rings is 1. The number of benzene rings is 1. The van der Waals surface area contributed by atoms with Gasteiger partial charge in [-0.2, -0.15) is 0 Å². The largest absolute Gasteiger partial charge is 0.481 e. The van der Waals surface area contributed by atoms with Crippen molar-refractivity contribution in [1.82, 2.24) is 10.2 Å². The summed E-state index contributed by atoms with van der Waals surface area (Å²) in [5.41, 5.74) is 0.972. The van der Waals surface area contributed by atoms with Crippen LogP contribution in [0.4, 0.5) is 0 Å². The number of aliphatic carboxylic acids is 1.